The molecule has 1 unspecified atom stereocenters. The van der Waals surface area contributed by atoms with Crippen LogP contribution in [0.4, 0.5) is 5.69 Å². The minimum absolute atomic E-state index is 0.0345. The molecule has 4 aromatic rings. The van der Waals surface area contributed by atoms with Gasteiger partial charge in [-0.25, -0.2) is 4.79 Å². The van der Waals surface area contributed by atoms with Gasteiger partial charge < -0.3 is 40.8 Å². The molecule has 3 aliphatic carbocycles. The van der Waals surface area contributed by atoms with Gasteiger partial charge in [0, 0.05) is 41.9 Å². The molecule has 0 radical (unpaired) electrons. The number of para-hydroxylation sites is 1. The molecule has 3 aromatic carbocycles. The quantitative estimate of drug-likeness (QED) is 0.0612. The van der Waals surface area contributed by atoms with Crippen molar-refractivity contribution in [3.63, 3.8) is 0 Å². The maximum Gasteiger partial charge on any atom is 0.343 e. The molecule has 302 valence electrons. The number of aliphatic hydroxyl groups excluding tert-OH is 2. The number of non-ortho nitro benzene ring substituents is 1. The Morgan fingerprint density at radius 3 is 2.21 bits per heavy atom. The zero-order valence-corrected chi connectivity index (χ0v) is 31.5. The van der Waals surface area contributed by atoms with Crippen molar-refractivity contribution < 1.29 is 59.2 Å². The first-order chi connectivity index (χ1) is 27.2. The lowest BCUT2D eigenvalue weighted by atomic mass is 9.54. The number of likely N-dealkylation sites (N-methyl/N-ethyl adjacent to an activating group) is 1. The number of nitrogens with two attached hydrogens (primary N) is 1. The summed E-state index contributed by atoms with van der Waals surface area (Å²) in [7, 11) is 3.01. The van der Waals surface area contributed by atoms with Crippen LogP contribution in [-0.2, 0) is 24.8 Å². The van der Waals surface area contributed by atoms with Crippen molar-refractivity contribution in [1.82, 2.24) is 4.90 Å². The lowest BCUT2D eigenvalue weighted by Crippen LogP contribution is -2.67. The maximum absolute atomic E-state index is 13.7. The molecule has 8 N–H and O–H groups in total. The number of amides is 1. The van der Waals surface area contributed by atoms with Crippen molar-refractivity contribution in [2.75, 3.05) is 14.1 Å². The highest BCUT2D eigenvalue weighted by molar-refractivity contribution is 6.24. The highest BCUT2D eigenvalue weighted by Gasteiger charge is 2.66. The molecule has 7 rings (SSSR count). The van der Waals surface area contributed by atoms with Gasteiger partial charge in [0.2, 0.25) is 5.78 Å². The molecule has 0 bridgehead atoms. The summed E-state index contributed by atoms with van der Waals surface area (Å²) in [4.78, 5) is 74.5. The van der Waals surface area contributed by atoms with Crippen LogP contribution in [0.15, 0.2) is 92.8 Å². The molecule has 17 nitrogen and oxygen atoms in total. The Morgan fingerprint density at radius 1 is 0.983 bits per heavy atom. The van der Waals surface area contributed by atoms with Crippen LogP contribution in [0.1, 0.15) is 54.9 Å². The summed E-state index contributed by atoms with van der Waals surface area (Å²) in [6, 6.07) is 15.1. The fourth-order valence-electron chi connectivity index (χ4n) is 8.46. The van der Waals surface area contributed by atoms with E-state index in [2.05, 4.69) is 0 Å². The number of ketones is 3. The summed E-state index contributed by atoms with van der Waals surface area (Å²) in [5, 5.41) is 76.7. The van der Waals surface area contributed by atoms with Gasteiger partial charge in [0.1, 0.15) is 40.0 Å². The van der Waals surface area contributed by atoms with Gasteiger partial charge in [-0.1, -0.05) is 36.4 Å². The Morgan fingerprint density at radius 2 is 1.62 bits per heavy atom. The number of hydrogen-bond donors (Lipinski definition) is 7. The largest absolute Gasteiger partial charge is 0.508 e. The lowest BCUT2D eigenvalue weighted by molar-refractivity contribution is -0.384. The van der Waals surface area contributed by atoms with Gasteiger partial charge >= 0.3 is 5.63 Å². The van der Waals surface area contributed by atoms with Gasteiger partial charge in [-0.3, -0.25) is 34.2 Å². The van der Waals surface area contributed by atoms with Gasteiger partial charge in [-0.2, -0.15) is 0 Å². The van der Waals surface area contributed by atoms with E-state index in [0.29, 0.717) is 10.9 Å². The van der Waals surface area contributed by atoms with Crippen molar-refractivity contribution in [3.05, 3.63) is 126 Å². The SMILES string of the molecule is CC(=O)CC(c1ccc([N+](=O)[O-])cc1)c1c(O)c2ccccc2oc1=O.CN(C)[C@@H]1C(=O)C(C(N)=O)=C(O)[C@@]2(O)C(=O)C3=C(O)c4c(O)cccc4[C@@](C)(O)[C@H]3C[C@@H]12. The molecule has 0 saturated heterocycles. The molecule has 58 heavy (non-hydrogen) atoms. The van der Waals surface area contributed by atoms with E-state index < -0.39 is 91.4 Å². The van der Waals surface area contributed by atoms with Crippen LogP contribution in [0.25, 0.3) is 16.7 Å². The van der Waals surface area contributed by atoms with Crippen LogP contribution in [-0.4, -0.2) is 89.5 Å². The Balaban J connectivity index is 0.000000200. The number of rotatable bonds is 7. The number of nitro benzene ring substituents is 1. The molecule has 3 aliphatic rings. The maximum atomic E-state index is 13.7. The number of carbonyl (C=O) groups excluding carboxylic acids is 4. The number of fused-ring (bicyclic) bond motifs is 4. The third-order valence-electron chi connectivity index (χ3n) is 11.2. The number of phenolic OH excluding ortho intramolecular Hbond substituents is 1. The second-order valence-electron chi connectivity index (χ2n) is 14.9. The zero-order valence-electron chi connectivity index (χ0n) is 31.5. The van der Waals surface area contributed by atoms with Crippen molar-refractivity contribution in [2.24, 2.45) is 17.6 Å². The Bertz CT molecular complexity index is 2550. The first-order valence-corrected chi connectivity index (χ1v) is 17.8. The number of primary amides is 1. The average Bonchev–Trinajstić information content (AvgIpc) is 3.14. The highest BCUT2D eigenvalue weighted by Crippen LogP contribution is 2.57. The summed E-state index contributed by atoms with van der Waals surface area (Å²) in [6.45, 7) is 2.78. The summed E-state index contributed by atoms with van der Waals surface area (Å²) >= 11 is 0. The van der Waals surface area contributed by atoms with E-state index in [9.17, 15) is 64.7 Å². The third-order valence-corrected chi connectivity index (χ3v) is 11.2. The molecule has 1 saturated carbocycles. The molecular weight excluding hydrogens is 758 g/mol. The summed E-state index contributed by atoms with van der Waals surface area (Å²) in [5.74, 6) is -9.11. The molecule has 1 aromatic heterocycles. The molecule has 1 fully saturated rings. The minimum Gasteiger partial charge on any atom is -0.508 e. The number of Topliss-reactive ketones (excluding diaryl/α,β-unsaturated/α-hetero) is 3. The zero-order chi connectivity index (χ0) is 42.8. The van der Waals surface area contributed by atoms with Gasteiger partial charge in [-0.15, -0.1) is 0 Å². The van der Waals surface area contributed by atoms with Gasteiger partial charge in [0.25, 0.3) is 11.6 Å². The highest BCUT2D eigenvalue weighted by atomic mass is 16.6. The van der Waals surface area contributed by atoms with E-state index in [1.807, 2.05) is 0 Å². The predicted molar refractivity (Wildman–Crippen MR) is 204 cm³/mol. The van der Waals surface area contributed by atoms with Crippen molar-refractivity contribution in [1.29, 1.82) is 0 Å². The monoisotopic (exact) mass is 797 g/mol. The molecule has 0 aliphatic heterocycles. The molecular formula is C41H39N3O14. The topological polar surface area (TPSA) is 292 Å². The number of aromatic hydroxyl groups is 2. The fraction of sp³-hybridized carbons (Fsp3) is 0.293. The van der Waals surface area contributed by atoms with E-state index in [0.717, 1.165) is 0 Å². The van der Waals surface area contributed by atoms with E-state index >= 15 is 0 Å². The summed E-state index contributed by atoms with van der Waals surface area (Å²) in [5.41, 5.74) is -0.690. The van der Waals surface area contributed by atoms with Crippen LogP contribution >= 0.6 is 0 Å². The predicted octanol–water partition coefficient (Wildman–Crippen LogP) is 3.15. The molecule has 1 amide bonds. The number of aliphatic hydroxyl groups is 4. The molecule has 1 heterocycles. The summed E-state index contributed by atoms with van der Waals surface area (Å²) in [6.07, 6.45) is -0.247. The number of nitrogens with zero attached hydrogens (tertiary/aromatic N) is 2. The third kappa shape index (κ3) is 6.38. The molecule has 0 spiro atoms. The van der Waals surface area contributed by atoms with Gasteiger partial charge in [0.15, 0.2) is 11.4 Å². The number of carbonyl (C=O) groups is 4. The minimum atomic E-state index is -2.75. The van der Waals surface area contributed by atoms with Crippen molar-refractivity contribution in [2.45, 2.75) is 49.9 Å². The fourth-order valence-corrected chi connectivity index (χ4v) is 8.46. The molecule has 6 atom stereocenters. The lowest BCUT2D eigenvalue weighted by Gasteiger charge is -2.53. The smallest absolute Gasteiger partial charge is 0.343 e. The van der Waals surface area contributed by atoms with Gasteiger partial charge in [0.05, 0.1) is 33.1 Å². The van der Waals surface area contributed by atoms with Crippen LogP contribution < -0.4 is 11.4 Å². The van der Waals surface area contributed by atoms with Gasteiger partial charge in [-0.05, 0) is 63.7 Å². The Hall–Kier alpha value is -6.69. The van der Waals surface area contributed by atoms with E-state index in [1.54, 1.807) is 24.3 Å². The Labute approximate surface area is 328 Å². The first-order valence-electron chi connectivity index (χ1n) is 17.8. The molecule has 17 heteroatoms. The number of phenols is 1. The van der Waals surface area contributed by atoms with E-state index in [-0.39, 0.29) is 52.3 Å². The van der Waals surface area contributed by atoms with Crippen molar-refractivity contribution in [3.8, 4) is 11.5 Å². The second kappa shape index (κ2) is 14.7. The number of benzene rings is 3. The normalized spacial score (nSPS) is 24.4. The van der Waals surface area contributed by atoms with E-state index in [1.165, 1.54) is 75.3 Å². The average molecular weight is 798 g/mol. The second-order valence-corrected chi connectivity index (χ2v) is 14.9. The van der Waals surface area contributed by atoms with Crippen LogP contribution in [0.3, 0.4) is 0 Å². The van der Waals surface area contributed by atoms with E-state index in [4.69, 9.17) is 10.2 Å². The van der Waals surface area contributed by atoms with Crippen LogP contribution in [0.5, 0.6) is 11.5 Å². The number of hydrogen-bond acceptors (Lipinski definition) is 15. The van der Waals surface area contributed by atoms with Crippen molar-refractivity contribution >= 4 is 45.7 Å². The first kappa shape index (κ1) is 41.0. The Kier molecular flexibility index (Phi) is 10.4. The standard InChI is InChI=1S/C22H24N2O8.C19H15NO6/c1-21(31)8-5-4-6-11(25)12(8)16(26)13-9(21)7-10-15(24(2)3)17(27)14(20(23)30)19(29)22(10,32)18(13)28;1-11(21)10-15(12-6-8-13(9-7-12)20(24)25)17-18(22)14-4-2-3-5-16(14)26-19(17)23/h4-6,9-10,15,25-26,29,31-32H,7H2,1-3H3,(H2,23,30);2-9,15,22H,10H2,1H3/t9-,10-,15-,21+,22-;/m0./s1. The number of nitro groups is 1. The van der Waals surface area contributed by atoms with Crippen LogP contribution in [0, 0.1) is 22.0 Å². The van der Waals surface area contributed by atoms with Crippen LogP contribution in [0.2, 0.25) is 0 Å². The summed E-state index contributed by atoms with van der Waals surface area (Å²) < 4.78 is 5.28.